The fraction of sp³-hybridized carbons (Fsp3) is 0.357. The molecule has 1 amide bonds. The largest absolute Gasteiger partial charge is 0.311 e. The molecule has 4 nitrogen and oxygen atoms in total. The molecule has 2 aromatic rings. The average molecular weight is 305 g/mol. The number of aryl methyl sites for hydroxylation is 1. The number of benzene rings is 1. The Morgan fingerprint density at radius 3 is 2.95 bits per heavy atom. The van der Waals surface area contributed by atoms with Crippen molar-refractivity contribution >= 4 is 34.7 Å². The van der Waals surface area contributed by atoms with E-state index in [-0.39, 0.29) is 11.2 Å². The number of fused-ring (bicyclic) bond motifs is 1. The minimum Gasteiger partial charge on any atom is -0.311 e. The van der Waals surface area contributed by atoms with Crippen LogP contribution >= 0.6 is 23.1 Å². The fourth-order valence-corrected chi connectivity index (χ4v) is 4.34. The Hall–Kier alpha value is -1.40. The van der Waals surface area contributed by atoms with E-state index in [4.69, 9.17) is 0 Å². The van der Waals surface area contributed by atoms with Gasteiger partial charge in [-0.05, 0) is 31.9 Å². The maximum absolute atomic E-state index is 12.6. The third-order valence-corrected chi connectivity index (χ3v) is 5.30. The molecule has 0 bridgehead atoms. The smallest absolute Gasteiger partial charge is 0.240 e. The van der Waals surface area contributed by atoms with Gasteiger partial charge >= 0.3 is 0 Å². The van der Waals surface area contributed by atoms with E-state index >= 15 is 0 Å². The molecule has 0 spiro atoms. The second-order valence-electron chi connectivity index (χ2n) is 4.72. The Morgan fingerprint density at radius 1 is 1.40 bits per heavy atom. The van der Waals surface area contributed by atoms with Gasteiger partial charge < -0.3 is 4.90 Å². The number of amides is 1. The molecule has 1 atom stereocenters. The van der Waals surface area contributed by atoms with Crippen molar-refractivity contribution in [3.8, 4) is 0 Å². The number of anilines is 1. The Labute approximate surface area is 126 Å². The number of rotatable bonds is 3. The molecule has 2 heterocycles. The topological polar surface area (TPSA) is 46.1 Å². The van der Waals surface area contributed by atoms with E-state index in [1.165, 1.54) is 28.7 Å². The molecule has 0 saturated carbocycles. The van der Waals surface area contributed by atoms with Gasteiger partial charge in [0.05, 0.1) is 5.25 Å². The average Bonchev–Trinajstić information content (AvgIpc) is 3.04. The van der Waals surface area contributed by atoms with Crippen molar-refractivity contribution in [2.75, 3.05) is 11.4 Å². The van der Waals surface area contributed by atoms with Crippen LogP contribution in [-0.2, 0) is 11.2 Å². The summed E-state index contributed by atoms with van der Waals surface area (Å²) in [5.41, 5.74) is 2.31. The molecule has 0 unspecified atom stereocenters. The SMILES string of the molecule is Cc1nnc(S[C@@H](C)C(=O)N2CCc3ccccc32)s1. The summed E-state index contributed by atoms with van der Waals surface area (Å²) in [5.74, 6) is 0.146. The van der Waals surface area contributed by atoms with Crippen LogP contribution < -0.4 is 4.90 Å². The molecule has 0 fully saturated rings. The van der Waals surface area contributed by atoms with E-state index < -0.39 is 0 Å². The highest BCUT2D eigenvalue weighted by Crippen LogP contribution is 2.32. The molecule has 1 aliphatic rings. The molecule has 0 N–H and O–H groups in total. The van der Waals surface area contributed by atoms with Gasteiger partial charge in [0.1, 0.15) is 5.01 Å². The van der Waals surface area contributed by atoms with E-state index in [0.717, 1.165) is 28.0 Å². The lowest BCUT2D eigenvalue weighted by Crippen LogP contribution is -2.35. The van der Waals surface area contributed by atoms with Gasteiger partial charge in [-0.3, -0.25) is 4.79 Å². The first-order valence-corrected chi connectivity index (χ1v) is 8.21. The summed E-state index contributed by atoms with van der Waals surface area (Å²) in [6.07, 6.45) is 0.942. The van der Waals surface area contributed by atoms with E-state index in [1.807, 2.05) is 36.9 Å². The lowest BCUT2D eigenvalue weighted by molar-refractivity contribution is -0.117. The summed E-state index contributed by atoms with van der Waals surface area (Å²) in [6, 6.07) is 8.12. The van der Waals surface area contributed by atoms with Gasteiger partial charge in [0, 0.05) is 12.2 Å². The van der Waals surface area contributed by atoms with E-state index in [1.54, 1.807) is 0 Å². The van der Waals surface area contributed by atoms with Gasteiger partial charge in [-0.2, -0.15) is 0 Å². The monoisotopic (exact) mass is 305 g/mol. The minimum absolute atomic E-state index is 0.145. The highest BCUT2D eigenvalue weighted by molar-refractivity contribution is 8.02. The van der Waals surface area contributed by atoms with Gasteiger partial charge in [-0.15, -0.1) is 10.2 Å². The summed E-state index contributed by atoms with van der Waals surface area (Å²) < 4.78 is 0.857. The zero-order chi connectivity index (χ0) is 14.1. The Kier molecular flexibility index (Phi) is 3.76. The van der Waals surface area contributed by atoms with E-state index in [0.29, 0.717) is 0 Å². The molecule has 1 aromatic carbocycles. The van der Waals surface area contributed by atoms with Crippen LogP contribution in [0.1, 0.15) is 17.5 Å². The van der Waals surface area contributed by atoms with Crippen molar-refractivity contribution in [1.29, 1.82) is 0 Å². The number of nitrogens with zero attached hydrogens (tertiary/aromatic N) is 3. The predicted octanol–water partition coefficient (Wildman–Crippen LogP) is 2.92. The first-order chi connectivity index (χ1) is 9.65. The van der Waals surface area contributed by atoms with Crippen LogP contribution in [0, 0.1) is 6.92 Å². The van der Waals surface area contributed by atoms with Gasteiger partial charge in [0.25, 0.3) is 0 Å². The third-order valence-electron chi connectivity index (χ3n) is 3.29. The van der Waals surface area contributed by atoms with Crippen molar-refractivity contribution in [3.63, 3.8) is 0 Å². The molecule has 0 radical (unpaired) electrons. The molecule has 0 aliphatic carbocycles. The summed E-state index contributed by atoms with van der Waals surface area (Å²) in [5, 5.41) is 8.84. The first-order valence-electron chi connectivity index (χ1n) is 6.51. The van der Waals surface area contributed by atoms with Crippen LogP contribution in [0.3, 0.4) is 0 Å². The van der Waals surface area contributed by atoms with Crippen LogP contribution in [0.25, 0.3) is 0 Å². The van der Waals surface area contributed by atoms with Crippen LogP contribution in [-0.4, -0.2) is 27.9 Å². The molecule has 20 heavy (non-hydrogen) atoms. The standard InChI is InChI=1S/C14H15N3OS2/c1-9(19-14-16-15-10(2)20-14)13(18)17-8-7-11-5-3-4-6-12(11)17/h3-6,9H,7-8H2,1-2H3/t9-/m0/s1. The number of carbonyl (C=O) groups is 1. The van der Waals surface area contributed by atoms with Crippen LogP contribution in [0.2, 0.25) is 0 Å². The lowest BCUT2D eigenvalue weighted by Gasteiger charge is -2.20. The number of para-hydroxylation sites is 1. The minimum atomic E-state index is -0.145. The second-order valence-corrected chi connectivity index (χ2v) is 7.49. The number of aromatic nitrogens is 2. The van der Waals surface area contributed by atoms with E-state index in [9.17, 15) is 4.79 Å². The Bertz CT molecular complexity index is 641. The zero-order valence-electron chi connectivity index (χ0n) is 11.4. The van der Waals surface area contributed by atoms with Crippen molar-refractivity contribution in [2.24, 2.45) is 0 Å². The quantitative estimate of drug-likeness (QED) is 0.818. The highest BCUT2D eigenvalue weighted by Gasteiger charge is 2.28. The van der Waals surface area contributed by atoms with Gasteiger partial charge in [-0.25, -0.2) is 0 Å². The summed E-state index contributed by atoms with van der Waals surface area (Å²) >= 11 is 3.02. The Balaban J connectivity index is 1.73. The van der Waals surface area contributed by atoms with Gasteiger partial charge in [0.15, 0.2) is 4.34 Å². The normalized spacial score (nSPS) is 15.2. The van der Waals surface area contributed by atoms with Crippen molar-refractivity contribution in [2.45, 2.75) is 29.9 Å². The number of carbonyl (C=O) groups excluding carboxylic acids is 1. The third kappa shape index (κ3) is 2.58. The van der Waals surface area contributed by atoms with Crippen LogP contribution in [0.4, 0.5) is 5.69 Å². The maximum Gasteiger partial charge on any atom is 0.240 e. The number of hydrogen-bond donors (Lipinski definition) is 0. The van der Waals surface area contributed by atoms with Crippen molar-refractivity contribution < 1.29 is 4.79 Å². The molecule has 3 rings (SSSR count). The summed E-state index contributed by atoms with van der Waals surface area (Å²) in [7, 11) is 0. The summed E-state index contributed by atoms with van der Waals surface area (Å²) in [6.45, 7) is 4.63. The molecule has 104 valence electrons. The van der Waals surface area contributed by atoms with E-state index in [2.05, 4.69) is 16.3 Å². The second kappa shape index (κ2) is 5.54. The predicted molar refractivity (Wildman–Crippen MR) is 82.5 cm³/mol. The van der Waals surface area contributed by atoms with Crippen molar-refractivity contribution in [3.05, 3.63) is 34.8 Å². The highest BCUT2D eigenvalue weighted by atomic mass is 32.2. The first kappa shape index (κ1) is 13.6. The molecule has 6 heteroatoms. The molecule has 0 saturated heterocycles. The summed E-state index contributed by atoms with van der Waals surface area (Å²) in [4.78, 5) is 14.5. The number of hydrogen-bond acceptors (Lipinski definition) is 5. The Morgan fingerprint density at radius 2 is 2.20 bits per heavy atom. The lowest BCUT2D eigenvalue weighted by atomic mass is 10.2. The van der Waals surface area contributed by atoms with Crippen molar-refractivity contribution in [1.82, 2.24) is 10.2 Å². The van der Waals surface area contributed by atoms with Crippen LogP contribution in [0.15, 0.2) is 28.6 Å². The number of thioether (sulfide) groups is 1. The molecular formula is C14H15N3OS2. The molecule has 1 aliphatic heterocycles. The maximum atomic E-state index is 12.6. The van der Waals surface area contributed by atoms with Gasteiger partial charge in [0.2, 0.25) is 5.91 Å². The molecule has 1 aromatic heterocycles. The van der Waals surface area contributed by atoms with Gasteiger partial charge in [-0.1, -0.05) is 41.3 Å². The zero-order valence-corrected chi connectivity index (χ0v) is 13.0. The molecular weight excluding hydrogens is 290 g/mol. The fourth-order valence-electron chi connectivity index (χ4n) is 2.31. The van der Waals surface area contributed by atoms with Crippen LogP contribution in [0.5, 0.6) is 0 Å².